The van der Waals surface area contributed by atoms with Crippen molar-refractivity contribution in [1.29, 1.82) is 0 Å². The summed E-state index contributed by atoms with van der Waals surface area (Å²) in [7, 11) is 1.78. The largest absolute Gasteiger partial charge is 0.379 e. The molecule has 0 rings (SSSR count). The van der Waals surface area contributed by atoms with Gasteiger partial charge in [-0.2, -0.15) is 0 Å². The molecule has 0 heterocycles. The molecule has 1 nitrogen and oxygen atoms in total. The van der Waals surface area contributed by atoms with Gasteiger partial charge in [-0.3, -0.25) is 0 Å². The van der Waals surface area contributed by atoms with E-state index < -0.39 is 0 Å². The van der Waals surface area contributed by atoms with Gasteiger partial charge < -0.3 is 4.74 Å². The third-order valence-electron chi connectivity index (χ3n) is 2.52. The molecule has 1 heteroatoms. The molecule has 73 valence electrons. The van der Waals surface area contributed by atoms with Gasteiger partial charge in [-0.1, -0.05) is 33.1 Å². The summed E-state index contributed by atoms with van der Waals surface area (Å²) in [6.07, 6.45) is 4.72. The Labute approximate surface area is 77.5 Å². The maximum absolute atomic E-state index is 5.34. The number of hydrogen-bond donors (Lipinski definition) is 0. The van der Waals surface area contributed by atoms with Crippen molar-refractivity contribution in [2.24, 2.45) is 5.92 Å². The molecule has 0 aliphatic rings. The Morgan fingerprint density at radius 1 is 1.42 bits per heavy atom. The van der Waals surface area contributed by atoms with Crippen LogP contribution >= 0.6 is 0 Å². The summed E-state index contributed by atoms with van der Waals surface area (Å²) < 4.78 is 5.34. The monoisotopic (exact) mass is 171 g/mol. The Hall–Kier alpha value is -0.0400. The molecule has 0 aromatic rings. The highest BCUT2D eigenvalue weighted by atomic mass is 16.5. The molecule has 0 amide bonds. The van der Waals surface area contributed by atoms with Gasteiger partial charge in [0.1, 0.15) is 0 Å². The summed E-state index contributed by atoms with van der Waals surface area (Å²) in [5.74, 6) is 0.762. The molecule has 0 fully saturated rings. The van der Waals surface area contributed by atoms with Crippen molar-refractivity contribution in [2.75, 3.05) is 7.11 Å². The quantitative estimate of drug-likeness (QED) is 0.595. The summed E-state index contributed by atoms with van der Waals surface area (Å²) in [6.45, 7) is 10.4. The van der Waals surface area contributed by atoms with E-state index in [1.54, 1.807) is 7.11 Å². The van der Waals surface area contributed by atoms with Crippen LogP contribution in [0.25, 0.3) is 0 Å². The first-order valence-corrected chi connectivity index (χ1v) is 4.86. The molecule has 0 N–H and O–H groups in total. The second-order valence-electron chi connectivity index (χ2n) is 4.25. The van der Waals surface area contributed by atoms with E-state index in [4.69, 9.17) is 4.74 Å². The Kier molecular flexibility index (Phi) is 5.56. The molecule has 0 aromatic heterocycles. The van der Waals surface area contributed by atoms with Gasteiger partial charge in [0.05, 0.1) is 5.60 Å². The fourth-order valence-electron chi connectivity index (χ4n) is 1.12. The molecule has 1 atom stereocenters. The molecule has 0 aliphatic carbocycles. The van der Waals surface area contributed by atoms with Crippen LogP contribution in [0, 0.1) is 12.8 Å². The van der Waals surface area contributed by atoms with Crippen LogP contribution in [0.1, 0.15) is 46.5 Å². The molecule has 1 unspecified atom stereocenters. The number of ether oxygens (including phenoxy) is 1. The molecule has 12 heavy (non-hydrogen) atoms. The minimum atomic E-state index is 0.0564. The Morgan fingerprint density at radius 3 is 2.42 bits per heavy atom. The maximum atomic E-state index is 5.34. The van der Waals surface area contributed by atoms with Gasteiger partial charge in [0.25, 0.3) is 0 Å². The van der Waals surface area contributed by atoms with E-state index >= 15 is 0 Å². The average Bonchev–Trinajstić information content (AvgIpc) is 2.04. The first-order valence-electron chi connectivity index (χ1n) is 4.86. The lowest BCUT2D eigenvalue weighted by molar-refractivity contribution is 0.0128. The average molecular weight is 171 g/mol. The molecule has 0 aromatic carbocycles. The van der Waals surface area contributed by atoms with Crippen molar-refractivity contribution in [2.45, 2.75) is 52.1 Å². The second kappa shape index (κ2) is 5.58. The first-order chi connectivity index (χ1) is 5.52. The van der Waals surface area contributed by atoms with Gasteiger partial charge in [-0.25, -0.2) is 0 Å². The van der Waals surface area contributed by atoms with Crippen LogP contribution in [0.15, 0.2) is 0 Å². The lowest BCUT2D eigenvalue weighted by Gasteiger charge is -2.23. The van der Waals surface area contributed by atoms with E-state index in [9.17, 15) is 0 Å². The van der Waals surface area contributed by atoms with Crippen molar-refractivity contribution in [3.63, 3.8) is 0 Å². The van der Waals surface area contributed by atoms with Crippen molar-refractivity contribution >= 4 is 0 Å². The van der Waals surface area contributed by atoms with Crippen LogP contribution in [-0.2, 0) is 4.74 Å². The van der Waals surface area contributed by atoms with Crippen LogP contribution in [0.3, 0.4) is 0 Å². The maximum Gasteiger partial charge on any atom is 0.0622 e. The summed E-state index contributed by atoms with van der Waals surface area (Å²) in [5, 5.41) is 0. The summed E-state index contributed by atoms with van der Waals surface area (Å²) >= 11 is 0. The molecule has 1 radical (unpaired) electrons. The highest BCUT2D eigenvalue weighted by molar-refractivity contribution is 4.68. The fraction of sp³-hybridized carbons (Fsp3) is 0.909. The molecular formula is C11H23O. The summed E-state index contributed by atoms with van der Waals surface area (Å²) in [4.78, 5) is 0. The minimum absolute atomic E-state index is 0.0564. The summed E-state index contributed by atoms with van der Waals surface area (Å²) in [5.41, 5.74) is 0.0564. The van der Waals surface area contributed by atoms with Crippen molar-refractivity contribution in [3.05, 3.63) is 6.92 Å². The smallest absolute Gasteiger partial charge is 0.0622 e. The van der Waals surface area contributed by atoms with E-state index in [-0.39, 0.29) is 5.60 Å². The van der Waals surface area contributed by atoms with Gasteiger partial charge in [0.2, 0.25) is 0 Å². The van der Waals surface area contributed by atoms with E-state index in [0.717, 1.165) is 18.8 Å². The third kappa shape index (κ3) is 5.59. The topological polar surface area (TPSA) is 9.23 Å². The van der Waals surface area contributed by atoms with Gasteiger partial charge in [-0.15, -0.1) is 0 Å². The summed E-state index contributed by atoms with van der Waals surface area (Å²) in [6, 6.07) is 0. The predicted octanol–water partition coefficient (Wildman–Crippen LogP) is 3.44. The van der Waals surface area contributed by atoms with Crippen LogP contribution in [0.5, 0.6) is 0 Å². The van der Waals surface area contributed by atoms with Crippen LogP contribution in [0.2, 0.25) is 0 Å². The van der Waals surface area contributed by atoms with Crippen molar-refractivity contribution in [3.8, 4) is 0 Å². The zero-order chi connectivity index (χ0) is 9.61. The normalized spacial score (nSPS) is 14.8. The molecule has 0 saturated heterocycles. The minimum Gasteiger partial charge on any atom is -0.379 e. The highest BCUT2D eigenvalue weighted by Crippen LogP contribution is 2.19. The number of methoxy groups -OCH3 is 1. The lowest BCUT2D eigenvalue weighted by atomic mass is 9.95. The first kappa shape index (κ1) is 12.0. The van der Waals surface area contributed by atoms with Crippen LogP contribution in [-0.4, -0.2) is 12.7 Å². The van der Waals surface area contributed by atoms with Crippen molar-refractivity contribution in [1.82, 2.24) is 0 Å². The molecule has 0 saturated carbocycles. The fourth-order valence-corrected chi connectivity index (χ4v) is 1.12. The zero-order valence-corrected chi connectivity index (χ0v) is 9.02. The Morgan fingerprint density at radius 2 is 2.00 bits per heavy atom. The lowest BCUT2D eigenvalue weighted by Crippen LogP contribution is -2.22. The standard InChI is InChI=1S/C11H23O/c1-6-10(2)8-7-9-11(3,4)12-5/h10H,1,6-9H2,2-5H3. The Bertz CT molecular complexity index is 108. The van der Waals surface area contributed by atoms with Crippen molar-refractivity contribution < 1.29 is 4.74 Å². The van der Waals surface area contributed by atoms with E-state index in [1.165, 1.54) is 12.8 Å². The molecule has 0 bridgehead atoms. The second-order valence-corrected chi connectivity index (χ2v) is 4.25. The van der Waals surface area contributed by atoms with Crippen LogP contribution < -0.4 is 0 Å². The van der Waals surface area contributed by atoms with Crippen LogP contribution in [0.4, 0.5) is 0 Å². The van der Waals surface area contributed by atoms with Gasteiger partial charge >= 0.3 is 0 Å². The Balaban J connectivity index is 3.42. The van der Waals surface area contributed by atoms with E-state index in [2.05, 4.69) is 27.7 Å². The number of rotatable bonds is 6. The molecule has 0 aliphatic heterocycles. The number of hydrogen-bond acceptors (Lipinski definition) is 1. The van der Waals surface area contributed by atoms with Gasteiger partial charge in [0, 0.05) is 7.11 Å². The highest BCUT2D eigenvalue weighted by Gasteiger charge is 2.15. The van der Waals surface area contributed by atoms with E-state index in [0.29, 0.717) is 0 Å². The van der Waals surface area contributed by atoms with Gasteiger partial charge in [0.15, 0.2) is 0 Å². The SMILES string of the molecule is [CH2]CC(C)CCCC(C)(C)OC. The molecule has 0 spiro atoms. The van der Waals surface area contributed by atoms with Gasteiger partial charge in [-0.05, 0) is 26.2 Å². The zero-order valence-electron chi connectivity index (χ0n) is 9.02. The van der Waals surface area contributed by atoms with E-state index in [1.807, 2.05) is 0 Å². The predicted molar refractivity (Wildman–Crippen MR) is 54.1 cm³/mol. The molecular weight excluding hydrogens is 148 g/mol. The third-order valence-corrected chi connectivity index (χ3v) is 2.52.